The third kappa shape index (κ3) is 3.28. The van der Waals surface area contributed by atoms with E-state index in [1.165, 1.54) is 6.20 Å². The van der Waals surface area contributed by atoms with E-state index in [0.29, 0.717) is 18.9 Å². The normalized spacial score (nSPS) is 20.5. The van der Waals surface area contributed by atoms with Crippen molar-refractivity contribution >= 4 is 11.7 Å². The van der Waals surface area contributed by atoms with Crippen molar-refractivity contribution in [2.24, 2.45) is 5.92 Å². The Morgan fingerprint density at radius 1 is 1.27 bits per heavy atom. The molecule has 1 aromatic carbocycles. The molecule has 1 aliphatic carbocycles. The predicted molar refractivity (Wildman–Crippen MR) is 94.3 cm³/mol. The van der Waals surface area contributed by atoms with Gasteiger partial charge in [-0.1, -0.05) is 11.8 Å². The summed E-state index contributed by atoms with van der Waals surface area (Å²) in [5, 5.41) is 3.66. The van der Waals surface area contributed by atoms with Crippen LogP contribution in [0.5, 0.6) is 0 Å². The molecule has 30 heavy (non-hydrogen) atoms. The van der Waals surface area contributed by atoms with Crippen molar-refractivity contribution in [1.82, 2.24) is 14.9 Å². The van der Waals surface area contributed by atoms with Gasteiger partial charge in [0.05, 0.1) is 18.6 Å². The monoisotopic (exact) mass is 424 g/mol. The van der Waals surface area contributed by atoms with Crippen molar-refractivity contribution in [3.63, 3.8) is 0 Å². The number of anilines is 1. The lowest BCUT2D eigenvalue weighted by atomic mass is 9.85. The molecule has 0 radical (unpaired) electrons. The van der Waals surface area contributed by atoms with E-state index in [1.807, 2.05) is 11.2 Å². The van der Waals surface area contributed by atoms with Gasteiger partial charge < -0.3 is 10.6 Å². The van der Waals surface area contributed by atoms with E-state index in [0.717, 1.165) is 17.0 Å². The molecule has 11 heteroatoms. The van der Waals surface area contributed by atoms with Gasteiger partial charge in [-0.05, 0) is 18.9 Å². The molecule has 2 amide bonds. The summed E-state index contributed by atoms with van der Waals surface area (Å²) < 4.78 is 72.9. The number of hydrogen-bond acceptors (Lipinski definition) is 3. The van der Waals surface area contributed by atoms with Crippen LogP contribution in [0.2, 0.25) is 0 Å². The molecule has 0 saturated heterocycles. The molecule has 0 spiro atoms. The molecule has 2 aliphatic rings. The Balaban J connectivity index is 1.90. The largest absolute Gasteiger partial charge is 0.427 e. The first kappa shape index (κ1) is 19.9. The number of carbonyl (C=O) groups is 1. The molecule has 1 fully saturated rings. The predicted octanol–water partition coefficient (Wildman–Crippen LogP) is 2.88. The van der Waals surface area contributed by atoms with Crippen molar-refractivity contribution in [3.8, 4) is 11.8 Å². The number of aromatic nitrogens is 2. The maximum absolute atomic E-state index is 15.1. The minimum absolute atomic E-state index is 0.258. The molecule has 1 atom stereocenters. The van der Waals surface area contributed by atoms with Crippen LogP contribution in [0.4, 0.5) is 32.4 Å². The highest BCUT2D eigenvalue weighted by atomic mass is 19.4. The number of urea groups is 1. The number of halogens is 5. The number of nitrogens with zero attached hydrogens (tertiary/aromatic N) is 2. The molecule has 2 aromatic rings. The van der Waals surface area contributed by atoms with Gasteiger partial charge in [-0.2, -0.15) is 13.2 Å². The van der Waals surface area contributed by atoms with E-state index in [9.17, 15) is 27.2 Å². The summed E-state index contributed by atoms with van der Waals surface area (Å²) >= 11 is 0. The van der Waals surface area contributed by atoms with Crippen LogP contribution >= 0.6 is 0 Å². The molecule has 6 nitrogen and oxygen atoms in total. The summed E-state index contributed by atoms with van der Waals surface area (Å²) in [5.74, 6) is 1.44. The highest BCUT2D eigenvalue weighted by Gasteiger charge is 2.60. The SMILES string of the molecule is O=C1Nc2c(cc(F)c(Cn3cnccc3=O)c2F)[C@@](C#CC2CC2)(C(F)(F)F)N1. The van der Waals surface area contributed by atoms with Gasteiger partial charge in [-0.15, -0.1) is 0 Å². The quantitative estimate of drug-likeness (QED) is 0.575. The number of benzene rings is 1. The molecule has 1 aliphatic heterocycles. The zero-order chi connectivity index (χ0) is 21.7. The minimum atomic E-state index is -5.15. The van der Waals surface area contributed by atoms with Crippen LogP contribution in [-0.2, 0) is 12.1 Å². The lowest BCUT2D eigenvalue weighted by molar-refractivity contribution is -0.178. The van der Waals surface area contributed by atoms with E-state index in [4.69, 9.17) is 0 Å². The first-order valence-electron chi connectivity index (χ1n) is 8.83. The maximum Gasteiger partial charge on any atom is 0.427 e. The summed E-state index contributed by atoms with van der Waals surface area (Å²) in [6.07, 6.45) is -1.71. The maximum atomic E-state index is 15.1. The summed E-state index contributed by atoms with van der Waals surface area (Å²) in [6.45, 7) is -0.631. The van der Waals surface area contributed by atoms with Crippen molar-refractivity contribution in [3.05, 3.63) is 57.8 Å². The van der Waals surface area contributed by atoms with Crippen LogP contribution in [0, 0.1) is 29.4 Å². The Morgan fingerprint density at radius 2 is 2.00 bits per heavy atom. The van der Waals surface area contributed by atoms with Gasteiger partial charge in [0.15, 0.2) is 5.82 Å². The zero-order valence-electron chi connectivity index (χ0n) is 15.1. The fraction of sp³-hybridized carbons (Fsp3) is 0.316. The Kier molecular flexibility index (Phi) is 4.52. The Hall–Kier alpha value is -3.42. The van der Waals surface area contributed by atoms with Crippen LogP contribution < -0.4 is 16.2 Å². The van der Waals surface area contributed by atoms with Crippen molar-refractivity contribution in [2.75, 3.05) is 5.32 Å². The van der Waals surface area contributed by atoms with E-state index in [-0.39, 0.29) is 5.92 Å². The summed E-state index contributed by atoms with van der Waals surface area (Å²) in [5.41, 5.74) is -6.31. The number of alkyl halides is 3. The average molecular weight is 424 g/mol. The third-order valence-electron chi connectivity index (χ3n) is 4.84. The molecule has 156 valence electrons. The first-order valence-corrected chi connectivity index (χ1v) is 8.83. The Morgan fingerprint density at radius 3 is 2.63 bits per heavy atom. The fourth-order valence-electron chi connectivity index (χ4n) is 3.10. The zero-order valence-corrected chi connectivity index (χ0v) is 15.1. The van der Waals surface area contributed by atoms with Crippen LogP contribution in [0.3, 0.4) is 0 Å². The van der Waals surface area contributed by atoms with Crippen LogP contribution in [0.25, 0.3) is 0 Å². The summed E-state index contributed by atoms with van der Waals surface area (Å²) in [7, 11) is 0. The van der Waals surface area contributed by atoms with Crippen molar-refractivity contribution in [2.45, 2.75) is 31.1 Å². The first-order chi connectivity index (χ1) is 14.1. The standard InChI is InChI=1S/C19H13F5N4O2/c20-13-7-12-16(15(21)11(13)8-28-9-25-6-4-14(28)29)26-17(30)27-18(12,19(22,23)24)5-3-10-1-2-10/h4,6-7,9-10H,1-2,8H2,(H2,26,27,30)/t18-/m0/s1. The van der Waals surface area contributed by atoms with E-state index < -0.39 is 58.3 Å². The smallest absolute Gasteiger partial charge is 0.310 e. The van der Waals surface area contributed by atoms with Gasteiger partial charge in [0.1, 0.15) is 5.82 Å². The number of amides is 2. The molecular formula is C19H13F5N4O2. The lowest BCUT2D eigenvalue weighted by Gasteiger charge is -2.37. The molecule has 2 heterocycles. The number of rotatable bonds is 2. The molecule has 4 rings (SSSR count). The molecule has 1 aromatic heterocycles. The molecule has 1 saturated carbocycles. The van der Waals surface area contributed by atoms with E-state index in [1.54, 1.807) is 5.32 Å². The van der Waals surface area contributed by atoms with Gasteiger partial charge in [-0.25, -0.2) is 18.6 Å². The summed E-state index contributed by atoms with van der Waals surface area (Å²) in [6, 6.07) is 0.207. The van der Waals surface area contributed by atoms with Gasteiger partial charge in [0, 0.05) is 29.3 Å². The van der Waals surface area contributed by atoms with Crippen LogP contribution in [0.1, 0.15) is 24.0 Å². The average Bonchev–Trinajstić information content (AvgIpc) is 3.49. The summed E-state index contributed by atoms with van der Waals surface area (Å²) in [4.78, 5) is 27.5. The number of hydrogen-bond donors (Lipinski definition) is 2. The van der Waals surface area contributed by atoms with Gasteiger partial charge in [0.2, 0.25) is 5.54 Å². The second kappa shape index (κ2) is 6.83. The second-order valence-electron chi connectivity index (χ2n) is 6.99. The topological polar surface area (TPSA) is 76.0 Å². The molecule has 0 bridgehead atoms. The number of fused-ring (bicyclic) bond motifs is 1. The minimum Gasteiger partial charge on any atom is -0.310 e. The molecular weight excluding hydrogens is 411 g/mol. The molecule has 0 unspecified atom stereocenters. The van der Waals surface area contributed by atoms with Crippen molar-refractivity contribution in [1.29, 1.82) is 0 Å². The number of carbonyl (C=O) groups excluding carboxylic acids is 1. The van der Waals surface area contributed by atoms with Gasteiger partial charge in [0.25, 0.3) is 5.56 Å². The molecule has 2 N–H and O–H groups in total. The van der Waals surface area contributed by atoms with Gasteiger partial charge >= 0.3 is 12.2 Å². The van der Waals surface area contributed by atoms with Crippen molar-refractivity contribution < 1.29 is 26.7 Å². The highest BCUT2D eigenvalue weighted by Crippen LogP contribution is 2.46. The van der Waals surface area contributed by atoms with Crippen LogP contribution in [0.15, 0.2) is 29.5 Å². The number of nitrogens with one attached hydrogen (secondary N) is 2. The van der Waals surface area contributed by atoms with E-state index >= 15 is 4.39 Å². The fourth-order valence-corrected chi connectivity index (χ4v) is 3.10. The third-order valence-corrected chi connectivity index (χ3v) is 4.84. The Labute approximate surface area is 166 Å². The van der Waals surface area contributed by atoms with Crippen LogP contribution in [-0.4, -0.2) is 21.8 Å². The second-order valence-corrected chi connectivity index (χ2v) is 6.99. The highest BCUT2D eigenvalue weighted by molar-refractivity contribution is 5.95. The Bertz CT molecular complexity index is 1160. The van der Waals surface area contributed by atoms with Gasteiger partial charge in [-0.3, -0.25) is 9.36 Å². The lowest BCUT2D eigenvalue weighted by Crippen LogP contribution is -2.59. The van der Waals surface area contributed by atoms with E-state index in [2.05, 4.69) is 10.9 Å².